The minimum atomic E-state index is -0.403. The fourth-order valence-electron chi connectivity index (χ4n) is 0.375. The summed E-state index contributed by atoms with van der Waals surface area (Å²) in [6, 6.07) is -0.403. The molecule has 0 atom stereocenters. The van der Waals surface area contributed by atoms with Crippen molar-refractivity contribution in [1.29, 1.82) is 0 Å². The summed E-state index contributed by atoms with van der Waals surface area (Å²) in [6.45, 7) is 0. The third-order valence-corrected chi connectivity index (χ3v) is 1.27. The number of rotatable bonds is 1. The minimum Gasteiger partial charge on any atom is -0.244 e. The number of urea groups is 1. The molecule has 0 aromatic rings. The number of alkyl halides is 1. The van der Waals surface area contributed by atoms with Gasteiger partial charge < -0.3 is 0 Å². The first kappa shape index (κ1) is 5.62. The van der Waals surface area contributed by atoms with Crippen molar-refractivity contribution in [3.05, 3.63) is 0 Å². The standard InChI is InChI=1S/C4H3BrN2O/c5-1-3-2-6-4(8)7-3/h2H,1H2. The number of halogens is 1. The van der Waals surface area contributed by atoms with E-state index in [4.69, 9.17) is 0 Å². The largest absolute Gasteiger partial charge is 0.367 e. The lowest BCUT2D eigenvalue weighted by Crippen LogP contribution is -1.95. The first-order chi connectivity index (χ1) is 3.83. The fraction of sp³-hybridized carbons (Fsp3) is 0.250. The Balaban J connectivity index is 2.72. The van der Waals surface area contributed by atoms with Gasteiger partial charge in [-0.05, 0) is 0 Å². The molecule has 0 aromatic heterocycles. The third kappa shape index (κ3) is 1.01. The topological polar surface area (TPSA) is 41.8 Å². The molecule has 4 heteroatoms. The molecule has 0 fully saturated rings. The predicted molar refractivity (Wildman–Crippen MR) is 35.1 cm³/mol. The van der Waals surface area contributed by atoms with Crippen LogP contribution >= 0.6 is 15.9 Å². The summed E-state index contributed by atoms with van der Waals surface area (Å²) in [5.74, 6) is 0. The fourth-order valence-corrected chi connectivity index (χ4v) is 0.645. The second-order valence-corrected chi connectivity index (χ2v) is 1.84. The molecule has 42 valence electrons. The molecule has 0 spiro atoms. The number of carbonyl (C=O) groups is 1. The Morgan fingerprint density at radius 1 is 1.75 bits per heavy atom. The second kappa shape index (κ2) is 2.17. The molecule has 0 bridgehead atoms. The van der Waals surface area contributed by atoms with E-state index >= 15 is 0 Å². The van der Waals surface area contributed by atoms with Crippen molar-refractivity contribution in [3.8, 4) is 0 Å². The van der Waals surface area contributed by atoms with Gasteiger partial charge in [0.15, 0.2) is 0 Å². The molecule has 0 saturated carbocycles. The zero-order chi connectivity index (χ0) is 5.98. The van der Waals surface area contributed by atoms with E-state index in [1.54, 1.807) is 0 Å². The molecule has 2 amide bonds. The number of hydrogen-bond acceptors (Lipinski definition) is 1. The Morgan fingerprint density at radius 3 is 2.75 bits per heavy atom. The van der Waals surface area contributed by atoms with Crippen molar-refractivity contribution in [1.82, 2.24) is 0 Å². The van der Waals surface area contributed by atoms with Crippen LogP contribution < -0.4 is 0 Å². The Kier molecular flexibility index (Phi) is 1.53. The van der Waals surface area contributed by atoms with Gasteiger partial charge in [0.05, 0.1) is 11.9 Å². The van der Waals surface area contributed by atoms with Gasteiger partial charge in [-0.15, -0.1) is 0 Å². The van der Waals surface area contributed by atoms with Crippen LogP contribution in [-0.4, -0.2) is 23.3 Å². The number of hydrogen-bond donors (Lipinski definition) is 0. The van der Waals surface area contributed by atoms with Crippen molar-refractivity contribution in [3.63, 3.8) is 0 Å². The van der Waals surface area contributed by atoms with Crippen molar-refractivity contribution in [2.45, 2.75) is 0 Å². The van der Waals surface area contributed by atoms with Crippen LogP contribution in [0.3, 0.4) is 0 Å². The van der Waals surface area contributed by atoms with Crippen LogP contribution in [0.5, 0.6) is 0 Å². The molecular formula is C4H3BrN2O. The van der Waals surface area contributed by atoms with Crippen LogP contribution in [0.4, 0.5) is 4.79 Å². The van der Waals surface area contributed by atoms with E-state index in [1.165, 1.54) is 6.21 Å². The van der Waals surface area contributed by atoms with Crippen LogP contribution in [0.25, 0.3) is 0 Å². The summed E-state index contributed by atoms with van der Waals surface area (Å²) >= 11 is 3.13. The van der Waals surface area contributed by atoms with Crippen LogP contribution in [0.1, 0.15) is 0 Å². The van der Waals surface area contributed by atoms with Crippen molar-refractivity contribution in [2.24, 2.45) is 9.98 Å². The minimum absolute atomic E-state index is 0.403. The number of nitrogens with zero attached hydrogens (tertiary/aromatic N) is 2. The highest BCUT2D eigenvalue weighted by Gasteiger charge is 2.04. The van der Waals surface area contributed by atoms with Gasteiger partial charge >= 0.3 is 6.03 Å². The van der Waals surface area contributed by atoms with Crippen molar-refractivity contribution >= 4 is 33.9 Å². The number of aliphatic imine (C=N–C) groups is 2. The van der Waals surface area contributed by atoms with Gasteiger partial charge in [-0.2, -0.15) is 9.98 Å². The third-order valence-electron chi connectivity index (χ3n) is 0.700. The first-order valence-electron chi connectivity index (χ1n) is 2.04. The average Bonchev–Trinajstić information content (AvgIpc) is 2.14. The Bertz CT molecular complexity index is 173. The van der Waals surface area contributed by atoms with Crippen LogP contribution in [-0.2, 0) is 0 Å². The Hall–Kier alpha value is -0.510. The molecule has 0 saturated heterocycles. The molecular weight excluding hydrogens is 172 g/mol. The highest BCUT2D eigenvalue weighted by molar-refractivity contribution is 9.09. The first-order valence-corrected chi connectivity index (χ1v) is 3.16. The maximum absolute atomic E-state index is 10.2. The van der Waals surface area contributed by atoms with E-state index in [0.29, 0.717) is 11.0 Å². The van der Waals surface area contributed by atoms with Gasteiger partial charge in [0.1, 0.15) is 0 Å². The SMILES string of the molecule is O=C1N=CC(CBr)=N1. The van der Waals surface area contributed by atoms with Crippen LogP contribution in [0.2, 0.25) is 0 Å². The van der Waals surface area contributed by atoms with Gasteiger partial charge in [0, 0.05) is 5.33 Å². The molecule has 1 aliphatic heterocycles. The summed E-state index contributed by atoms with van der Waals surface area (Å²) < 4.78 is 0. The molecule has 0 radical (unpaired) electrons. The summed E-state index contributed by atoms with van der Waals surface area (Å²) in [5, 5.41) is 0.599. The normalized spacial score (nSPS) is 17.1. The second-order valence-electron chi connectivity index (χ2n) is 1.28. The van der Waals surface area contributed by atoms with Crippen LogP contribution in [0, 0.1) is 0 Å². The lowest BCUT2D eigenvalue weighted by atomic mass is 10.5. The van der Waals surface area contributed by atoms with E-state index in [-0.39, 0.29) is 0 Å². The van der Waals surface area contributed by atoms with Gasteiger partial charge in [-0.3, -0.25) is 0 Å². The van der Waals surface area contributed by atoms with Crippen molar-refractivity contribution < 1.29 is 4.79 Å². The monoisotopic (exact) mass is 174 g/mol. The maximum atomic E-state index is 10.2. The van der Waals surface area contributed by atoms with Crippen LogP contribution in [0.15, 0.2) is 9.98 Å². The quantitative estimate of drug-likeness (QED) is 0.548. The van der Waals surface area contributed by atoms with E-state index in [0.717, 1.165) is 0 Å². The molecule has 0 aromatic carbocycles. The Labute approximate surface area is 54.6 Å². The van der Waals surface area contributed by atoms with Gasteiger partial charge in [0.2, 0.25) is 0 Å². The highest BCUT2D eigenvalue weighted by Crippen LogP contribution is 1.94. The molecule has 1 rings (SSSR count). The summed E-state index contributed by atoms with van der Waals surface area (Å²) in [6.07, 6.45) is 1.46. The zero-order valence-electron chi connectivity index (χ0n) is 3.97. The van der Waals surface area contributed by atoms with Gasteiger partial charge in [0.25, 0.3) is 0 Å². The van der Waals surface area contributed by atoms with Gasteiger partial charge in [-0.1, -0.05) is 15.9 Å². The number of carbonyl (C=O) groups excluding carboxylic acids is 1. The molecule has 8 heavy (non-hydrogen) atoms. The van der Waals surface area contributed by atoms with Crippen molar-refractivity contribution in [2.75, 3.05) is 5.33 Å². The molecule has 3 nitrogen and oxygen atoms in total. The van der Waals surface area contributed by atoms with E-state index in [2.05, 4.69) is 25.9 Å². The van der Waals surface area contributed by atoms with Gasteiger partial charge in [-0.25, -0.2) is 4.79 Å². The molecule has 0 N–H and O–H groups in total. The van der Waals surface area contributed by atoms with E-state index in [9.17, 15) is 4.79 Å². The summed E-state index contributed by atoms with van der Waals surface area (Å²) in [7, 11) is 0. The number of amides is 2. The maximum Gasteiger partial charge on any atom is 0.367 e. The predicted octanol–water partition coefficient (Wildman–Crippen LogP) is 1.03. The summed E-state index contributed by atoms with van der Waals surface area (Å²) in [4.78, 5) is 17.1. The van der Waals surface area contributed by atoms with E-state index < -0.39 is 6.03 Å². The van der Waals surface area contributed by atoms with E-state index in [1.807, 2.05) is 0 Å². The smallest absolute Gasteiger partial charge is 0.244 e. The average molecular weight is 175 g/mol. The molecule has 0 aliphatic carbocycles. The molecule has 0 unspecified atom stereocenters. The lowest BCUT2D eigenvalue weighted by Gasteiger charge is -1.77. The molecule has 1 heterocycles. The lowest BCUT2D eigenvalue weighted by molar-refractivity contribution is 0.257. The zero-order valence-corrected chi connectivity index (χ0v) is 5.55. The Morgan fingerprint density at radius 2 is 2.50 bits per heavy atom. The summed E-state index contributed by atoms with van der Waals surface area (Å²) in [5.41, 5.74) is 0.690. The molecule has 1 aliphatic rings. The highest BCUT2D eigenvalue weighted by atomic mass is 79.9.